The number of ether oxygens (including phenoxy) is 1. The van der Waals surface area contributed by atoms with Crippen LogP contribution >= 0.6 is 15.9 Å². The number of carbonyl (C=O) groups excluding carboxylic acids is 2. The van der Waals surface area contributed by atoms with Gasteiger partial charge in [-0.1, -0.05) is 28.1 Å². The normalized spacial score (nSPS) is 12.4. The highest BCUT2D eigenvalue weighted by Crippen LogP contribution is 2.26. The molecule has 0 bridgehead atoms. The Labute approximate surface area is 249 Å². The lowest BCUT2D eigenvalue weighted by Gasteiger charge is -2.33. The van der Waals surface area contributed by atoms with Gasteiger partial charge in [0.05, 0.1) is 17.2 Å². The van der Waals surface area contributed by atoms with Gasteiger partial charge < -0.3 is 15.0 Å². The zero-order chi connectivity index (χ0) is 30.4. The van der Waals surface area contributed by atoms with Gasteiger partial charge in [0.15, 0.2) is 0 Å². The van der Waals surface area contributed by atoms with Crippen LogP contribution in [0.4, 0.5) is 10.1 Å². The summed E-state index contributed by atoms with van der Waals surface area (Å²) in [6, 6.07) is 17.0. The Morgan fingerprint density at radius 3 is 2.22 bits per heavy atom. The molecule has 0 heterocycles. The summed E-state index contributed by atoms with van der Waals surface area (Å²) in [7, 11) is -4.28. The van der Waals surface area contributed by atoms with Crippen molar-refractivity contribution >= 4 is 43.5 Å². The SMILES string of the molecule is CCOc1ccc(S(=O)(=O)N(CC(=O)N(Cc2cccc(Br)c2)C(C)C(=O)NC(C)(C)C)c2ccc(F)cc2)cc1. The molecule has 0 spiro atoms. The largest absolute Gasteiger partial charge is 0.494 e. The van der Waals surface area contributed by atoms with Crippen molar-refractivity contribution in [3.8, 4) is 5.75 Å². The lowest BCUT2D eigenvalue weighted by atomic mass is 10.1. The number of hydrogen-bond donors (Lipinski definition) is 1. The second kappa shape index (κ2) is 13.5. The van der Waals surface area contributed by atoms with Gasteiger partial charge in [-0.05, 0) is 101 Å². The van der Waals surface area contributed by atoms with Crippen LogP contribution in [0.5, 0.6) is 5.75 Å². The number of hydrogen-bond acceptors (Lipinski definition) is 5. The van der Waals surface area contributed by atoms with Gasteiger partial charge in [-0.3, -0.25) is 13.9 Å². The molecular weight excluding hydrogens is 613 g/mol. The number of nitrogens with zero attached hydrogens (tertiary/aromatic N) is 2. The molecular formula is C30H35BrFN3O5S. The summed E-state index contributed by atoms with van der Waals surface area (Å²) in [4.78, 5) is 28.4. The van der Waals surface area contributed by atoms with E-state index in [0.717, 1.165) is 26.5 Å². The van der Waals surface area contributed by atoms with E-state index in [4.69, 9.17) is 4.74 Å². The summed E-state index contributed by atoms with van der Waals surface area (Å²) in [5.74, 6) is -1.05. The summed E-state index contributed by atoms with van der Waals surface area (Å²) < 4.78 is 48.7. The first-order chi connectivity index (χ1) is 19.2. The number of sulfonamides is 1. The maximum Gasteiger partial charge on any atom is 0.264 e. The lowest BCUT2D eigenvalue weighted by molar-refractivity contribution is -0.140. The molecule has 2 amide bonds. The van der Waals surface area contributed by atoms with E-state index in [-0.39, 0.29) is 23.0 Å². The number of anilines is 1. The number of benzene rings is 3. The van der Waals surface area contributed by atoms with Crippen LogP contribution in [-0.2, 0) is 26.2 Å². The number of rotatable bonds is 11. The number of halogens is 2. The first kappa shape index (κ1) is 32.1. The second-order valence-electron chi connectivity index (χ2n) is 10.5. The molecule has 0 saturated heterocycles. The topological polar surface area (TPSA) is 96.0 Å². The van der Waals surface area contributed by atoms with Gasteiger partial charge in [0.25, 0.3) is 10.0 Å². The molecule has 1 unspecified atom stereocenters. The molecule has 11 heteroatoms. The summed E-state index contributed by atoms with van der Waals surface area (Å²) in [5, 5.41) is 2.89. The van der Waals surface area contributed by atoms with Crippen molar-refractivity contribution in [3.05, 3.63) is 88.6 Å². The molecule has 0 aliphatic rings. The number of carbonyl (C=O) groups is 2. The van der Waals surface area contributed by atoms with Crippen LogP contribution in [0, 0.1) is 5.82 Å². The van der Waals surface area contributed by atoms with Gasteiger partial charge in [-0.2, -0.15) is 0 Å². The molecule has 41 heavy (non-hydrogen) atoms. The molecule has 3 aromatic rings. The fourth-order valence-electron chi connectivity index (χ4n) is 4.03. The molecule has 3 rings (SSSR count). The molecule has 0 saturated carbocycles. The minimum Gasteiger partial charge on any atom is -0.494 e. The molecule has 3 aromatic carbocycles. The van der Waals surface area contributed by atoms with Crippen LogP contribution < -0.4 is 14.4 Å². The Kier molecular flexibility index (Phi) is 10.5. The summed E-state index contributed by atoms with van der Waals surface area (Å²) in [5.41, 5.74) is 0.293. The van der Waals surface area contributed by atoms with Gasteiger partial charge in [-0.25, -0.2) is 12.8 Å². The standard InChI is InChI=1S/C30H35BrFN3O5S/c1-6-40-26-14-16-27(17-15-26)41(38,39)35(25-12-10-24(32)11-13-25)20-28(36)34(19-22-8-7-9-23(31)18-22)21(2)29(37)33-30(3,4)5/h7-18,21H,6,19-20H2,1-5H3,(H,33,37). The average Bonchev–Trinajstić information content (AvgIpc) is 2.90. The quantitative estimate of drug-likeness (QED) is 0.296. The zero-order valence-electron chi connectivity index (χ0n) is 23.7. The number of nitrogens with one attached hydrogen (secondary N) is 1. The van der Waals surface area contributed by atoms with Crippen LogP contribution in [0.3, 0.4) is 0 Å². The van der Waals surface area contributed by atoms with E-state index in [9.17, 15) is 22.4 Å². The highest BCUT2D eigenvalue weighted by Gasteiger charge is 2.33. The predicted octanol–water partition coefficient (Wildman–Crippen LogP) is 5.51. The maximum absolute atomic E-state index is 13.9. The lowest BCUT2D eigenvalue weighted by Crippen LogP contribution is -2.54. The first-order valence-electron chi connectivity index (χ1n) is 13.1. The molecule has 0 fully saturated rings. The van der Waals surface area contributed by atoms with Crippen LogP contribution in [0.2, 0.25) is 0 Å². The van der Waals surface area contributed by atoms with Gasteiger partial charge >= 0.3 is 0 Å². The highest BCUT2D eigenvalue weighted by atomic mass is 79.9. The minimum absolute atomic E-state index is 0.0529. The van der Waals surface area contributed by atoms with Crippen LogP contribution in [-0.4, -0.2) is 49.9 Å². The highest BCUT2D eigenvalue weighted by molar-refractivity contribution is 9.10. The molecule has 1 atom stereocenters. The van der Waals surface area contributed by atoms with E-state index in [1.807, 2.05) is 52.0 Å². The predicted molar refractivity (Wildman–Crippen MR) is 161 cm³/mol. The third-order valence-electron chi connectivity index (χ3n) is 6.02. The maximum atomic E-state index is 13.9. The Hall–Kier alpha value is -3.44. The van der Waals surface area contributed by atoms with E-state index in [1.165, 1.54) is 41.3 Å². The Bertz CT molecular complexity index is 1460. The Morgan fingerprint density at radius 2 is 1.66 bits per heavy atom. The fraction of sp³-hybridized carbons (Fsp3) is 0.333. The van der Waals surface area contributed by atoms with Crippen molar-refractivity contribution in [2.45, 2.75) is 57.6 Å². The van der Waals surface area contributed by atoms with E-state index >= 15 is 0 Å². The van der Waals surface area contributed by atoms with Crippen LogP contribution in [0.15, 0.2) is 82.2 Å². The van der Waals surface area contributed by atoms with E-state index in [0.29, 0.717) is 12.4 Å². The van der Waals surface area contributed by atoms with Crippen molar-refractivity contribution in [1.82, 2.24) is 10.2 Å². The third-order valence-corrected chi connectivity index (χ3v) is 8.30. The van der Waals surface area contributed by atoms with Crippen molar-refractivity contribution in [3.63, 3.8) is 0 Å². The molecule has 0 radical (unpaired) electrons. The Balaban J connectivity index is 2.03. The Morgan fingerprint density at radius 1 is 1.02 bits per heavy atom. The monoisotopic (exact) mass is 647 g/mol. The van der Waals surface area contributed by atoms with Crippen molar-refractivity contribution in [2.75, 3.05) is 17.5 Å². The van der Waals surface area contributed by atoms with Crippen molar-refractivity contribution in [2.24, 2.45) is 0 Å². The summed E-state index contributed by atoms with van der Waals surface area (Å²) in [6.07, 6.45) is 0. The van der Waals surface area contributed by atoms with Gasteiger partial charge in [0.2, 0.25) is 11.8 Å². The second-order valence-corrected chi connectivity index (χ2v) is 13.2. The van der Waals surface area contributed by atoms with E-state index in [2.05, 4.69) is 21.2 Å². The first-order valence-corrected chi connectivity index (χ1v) is 15.3. The molecule has 1 N–H and O–H groups in total. The third kappa shape index (κ3) is 8.77. The molecule has 8 nitrogen and oxygen atoms in total. The van der Waals surface area contributed by atoms with Gasteiger partial charge in [0, 0.05) is 16.6 Å². The number of amides is 2. The molecule has 0 aliphatic carbocycles. The molecule has 220 valence electrons. The fourth-order valence-corrected chi connectivity index (χ4v) is 5.89. The average molecular weight is 649 g/mol. The molecule has 0 aliphatic heterocycles. The van der Waals surface area contributed by atoms with Gasteiger partial charge in [0.1, 0.15) is 24.2 Å². The molecule has 0 aromatic heterocycles. The van der Waals surface area contributed by atoms with Crippen molar-refractivity contribution in [1.29, 1.82) is 0 Å². The zero-order valence-corrected chi connectivity index (χ0v) is 26.1. The summed E-state index contributed by atoms with van der Waals surface area (Å²) in [6.45, 7) is 8.75. The van der Waals surface area contributed by atoms with Gasteiger partial charge in [-0.15, -0.1) is 0 Å². The summed E-state index contributed by atoms with van der Waals surface area (Å²) >= 11 is 3.43. The minimum atomic E-state index is -4.28. The smallest absolute Gasteiger partial charge is 0.264 e. The van der Waals surface area contributed by atoms with E-state index in [1.54, 1.807) is 6.92 Å². The van der Waals surface area contributed by atoms with Crippen molar-refractivity contribution < 1.29 is 27.1 Å². The van der Waals surface area contributed by atoms with Crippen LogP contribution in [0.1, 0.15) is 40.2 Å². The van der Waals surface area contributed by atoms with Crippen LogP contribution in [0.25, 0.3) is 0 Å². The van der Waals surface area contributed by atoms with E-state index < -0.39 is 39.9 Å².